The van der Waals surface area contributed by atoms with Gasteiger partial charge < -0.3 is 20.3 Å². The van der Waals surface area contributed by atoms with Crippen LogP contribution in [-0.2, 0) is 26.5 Å². The Hall–Kier alpha value is -4.49. The average Bonchev–Trinajstić information content (AvgIpc) is 3.35. The number of hydrogen-bond donors (Lipinski definition) is 2. The normalized spacial score (nSPS) is 18.7. The first kappa shape index (κ1) is 27.5. The van der Waals surface area contributed by atoms with Gasteiger partial charge in [0.15, 0.2) is 0 Å². The van der Waals surface area contributed by atoms with Gasteiger partial charge in [-0.15, -0.1) is 0 Å². The molecular formula is C25H21F5N4O5. The van der Waals surface area contributed by atoms with Crippen LogP contribution >= 0.6 is 0 Å². The van der Waals surface area contributed by atoms with Gasteiger partial charge in [0, 0.05) is 30.4 Å². The van der Waals surface area contributed by atoms with Crippen molar-refractivity contribution >= 4 is 35.7 Å². The summed E-state index contributed by atoms with van der Waals surface area (Å²) >= 11 is 0. The zero-order valence-corrected chi connectivity index (χ0v) is 20.4. The Bertz CT molecular complexity index is 1400. The highest BCUT2D eigenvalue weighted by Gasteiger charge is 2.57. The van der Waals surface area contributed by atoms with Crippen molar-refractivity contribution < 1.29 is 45.9 Å². The number of hydrogen-bond acceptors (Lipinski definition) is 5. The van der Waals surface area contributed by atoms with Crippen LogP contribution in [0, 0.1) is 11.6 Å². The lowest BCUT2D eigenvalue weighted by Gasteiger charge is -2.31. The second kappa shape index (κ2) is 10.0. The van der Waals surface area contributed by atoms with Crippen LogP contribution in [0.15, 0.2) is 42.5 Å². The molecule has 1 heterocycles. The van der Waals surface area contributed by atoms with Crippen LogP contribution in [0.5, 0.6) is 0 Å². The van der Waals surface area contributed by atoms with Crippen molar-refractivity contribution in [1.29, 1.82) is 0 Å². The summed E-state index contributed by atoms with van der Waals surface area (Å²) < 4.78 is 73.8. The molecule has 4 rings (SSSR count). The van der Waals surface area contributed by atoms with Crippen LogP contribution in [0.1, 0.15) is 23.6 Å². The molecule has 14 heteroatoms. The number of fused-ring (bicyclic) bond motifs is 2. The summed E-state index contributed by atoms with van der Waals surface area (Å²) in [6.07, 6.45) is -3.53. The molecule has 0 saturated carbocycles. The van der Waals surface area contributed by atoms with Crippen LogP contribution in [0.4, 0.5) is 37.2 Å². The highest BCUT2D eigenvalue weighted by Crippen LogP contribution is 2.43. The number of halogens is 5. The van der Waals surface area contributed by atoms with Gasteiger partial charge in [-0.3, -0.25) is 9.59 Å². The van der Waals surface area contributed by atoms with Gasteiger partial charge in [-0.2, -0.15) is 13.2 Å². The number of urea groups is 1. The van der Waals surface area contributed by atoms with Crippen LogP contribution in [0.25, 0.3) is 6.08 Å². The maximum absolute atomic E-state index is 14.2. The third-order valence-corrected chi connectivity index (χ3v) is 6.37. The molecule has 1 aliphatic heterocycles. The first-order valence-electron chi connectivity index (χ1n) is 11.4. The zero-order chi connectivity index (χ0) is 28.7. The summed E-state index contributed by atoms with van der Waals surface area (Å²) in [6.45, 7) is -1.48. The summed E-state index contributed by atoms with van der Waals surface area (Å²) in [6, 6.07) is 3.52. The third kappa shape index (κ3) is 5.13. The molecule has 0 radical (unpaired) electrons. The SMILES string of the molecule is CNC(=O)Nc1ccc2c(c1)C=CC21OC(=O)N(CC(=O)N(Cc2cc(F)ccc2F)[C@@H](C)C(F)(F)F)C1=O. The minimum atomic E-state index is -4.95. The van der Waals surface area contributed by atoms with E-state index in [9.17, 15) is 41.1 Å². The lowest BCUT2D eigenvalue weighted by atomic mass is 9.94. The lowest BCUT2D eigenvalue weighted by Crippen LogP contribution is -2.51. The second-order valence-electron chi connectivity index (χ2n) is 8.81. The summed E-state index contributed by atoms with van der Waals surface area (Å²) in [5.74, 6) is -4.35. The molecule has 9 nitrogen and oxygen atoms in total. The van der Waals surface area contributed by atoms with E-state index >= 15 is 0 Å². The predicted octanol–water partition coefficient (Wildman–Crippen LogP) is 3.90. The summed E-state index contributed by atoms with van der Waals surface area (Å²) in [5, 5.41) is 4.91. The van der Waals surface area contributed by atoms with E-state index in [-0.39, 0.29) is 10.5 Å². The number of carbonyl (C=O) groups is 4. The van der Waals surface area contributed by atoms with E-state index in [2.05, 4.69) is 10.6 Å². The van der Waals surface area contributed by atoms with E-state index in [4.69, 9.17) is 4.74 Å². The number of amides is 5. The molecule has 2 aliphatic rings. The lowest BCUT2D eigenvalue weighted by molar-refractivity contribution is -0.187. The van der Waals surface area contributed by atoms with Gasteiger partial charge in [-0.05, 0) is 48.9 Å². The molecule has 1 aliphatic carbocycles. The van der Waals surface area contributed by atoms with Crippen molar-refractivity contribution in [2.75, 3.05) is 18.9 Å². The summed E-state index contributed by atoms with van der Waals surface area (Å²) in [5.41, 5.74) is -1.51. The van der Waals surface area contributed by atoms with Crippen LogP contribution in [0.2, 0.25) is 0 Å². The number of nitrogens with one attached hydrogen (secondary N) is 2. The van der Waals surface area contributed by atoms with Crippen LogP contribution in [-0.4, -0.2) is 59.5 Å². The van der Waals surface area contributed by atoms with Gasteiger partial charge in [-0.1, -0.05) is 12.1 Å². The molecule has 2 atom stereocenters. The van der Waals surface area contributed by atoms with Gasteiger partial charge >= 0.3 is 18.3 Å². The van der Waals surface area contributed by atoms with E-state index in [1.807, 2.05) is 0 Å². The minimum absolute atomic E-state index is 0.207. The van der Waals surface area contributed by atoms with Crippen molar-refractivity contribution in [3.63, 3.8) is 0 Å². The molecule has 1 spiro atoms. The number of carbonyl (C=O) groups excluding carboxylic acids is 4. The predicted molar refractivity (Wildman–Crippen MR) is 126 cm³/mol. The van der Waals surface area contributed by atoms with Gasteiger partial charge in [0.1, 0.15) is 24.2 Å². The Morgan fingerprint density at radius 1 is 1.13 bits per heavy atom. The number of anilines is 1. The molecule has 1 saturated heterocycles. The Morgan fingerprint density at radius 3 is 2.51 bits per heavy atom. The Kier molecular flexibility index (Phi) is 7.06. The number of alkyl halides is 3. The second-order valence-corrected chi connectivity index (χ2v) is 8.81. The standard InChI is InChI=1S/C25H21F5N4O5/c1-13(25(28,29)30)33(11-15-9-16(26)3-6-19(15)27)20(35)12-34-21(36)24(39-23(34)38)8-7-14-10-17(4-5-18(14)24)32-22(37)31-2/h3-10,13H,11-12H2,1-2H3,(H2,31,32,37)/t13-,24?/m0/s1. The van der Waals surface area contributed by atoms with Crippen LogP contribution < -0.4 is 10.6 Å². The van der Waals surface area contributed by atoms with E-state index in [1.165, 1.54) is 37.4 Å². The van der Waals surface area contributed by atoms with E-state index < -0.39 is 72.0 Å². The molecule has 2 aromatic rings. The molecule has 5 amide bonds. The number of nitrogens with zero attached hydrogens (tertiary/aromatic N) is 2. The number of imide groups is 1. The molecular weight excluding hydrogens is 531 g/mol. The highest BCUT2D eigenvalue weighted by molar-refractivity contribution is 6.09. The van der Waals surface area contributed by atoms with Crippen molar-refractivity contribution in [1.82, 2.24) is 15.1 Å². The van der Waals surface area contributed by atoms with Gasteiger partial charge in [-0.25, -0.2) is 23.3 Å². The average molecular weight is 552 g/mol. The fourth-order valence-electron chi connectivity index (χ4n) is 4.23. The first-order valence-corrected chi connectivity index (χ1v) is 11.4. The smallest absolute Gasteiger partial charge is 0.418 e. The monoisotopic (exact) mass is 552 g/mol. The van der Waals surface area contributed by atoms with Crippen molar-refractivity contribution in [3.05, 3.63) is 70.8 Å². The molecule has 206 valence electrons. The van der Waals surface area contributed by atoms with Crippen molar-refractivity contribution in [3.8, 4) is 0 Å². The number of benzene rings is 2. The number of rotatable bonds is 6. The molecule has 39 heavy (non-hydrogen) atoms. The molecule has 2 N–H and O–H groups in total. The molecule has 1 fully saturated rings. The first-order chi connectivity index (χ1) is 18.3. The quantitative estimate of drug-likeness (QED) is 0.529. The van der Waals surface area contributed by atoms with Crippen molar-refractivity contribution in [2.45, 2.75) is 31.3 Å². The Morgan fingerprint density at radius 2 is 1.85 bits per heavy atom. The zero-order valence-electron chi connectivity index (χ0n) is 20.4. The van der Waals surface area contributed by atoms with Gasteiger partial charge in [0.2, 0.25) is 11.5 Å². The van der Waals surface area contributed by atoms with E-state index in [0.29, 0.717) is 35.2 Å². The largest absolute Gasteiger partial charge is 0.423 e. The fraction of sp³-hybridized carbons (Fsp3) is 0.280. The van der Waals surface area contributed by atoms with E-state index in [1.54, 1.807) is 0 Å². The maximum atomic E-state index is 14.2. The maximum Gasteiger partial charge on any atom is 0.418 e. The Balaban J connectivity index is 1.59. The van der Waals surface area contributed by atoms with E-state index in [0.717, 1.165) is 6.07 Å². The van der Waals surface area contributed by atoms with Crippen LogP contribution in [0.3, 0.4) is 0 Å². The number of ether oxygens (including phenoxy) is 1. The fourth-order valence-corrected chi connectivity index (χ4v) is 4.23. The highest BCUT2D eigenvalue weighted by atomic mass is 19.4. The minimum Gasteiger partial charge on any atom is -0.423 e. The molecule has 0 bridgehead atoms. The Labute approximate surface area is 218 Å². The summed E-state index contributed by atoms with van der Waals surface area (Å²) in [4.78, 5) is 51.2. The molecule has 1 unspecified atom stereocenters. The molecule has 2 aromatic carbocycles. The summed E-state index contributed by atoms with van der Waals surface area (Å²) in [7, 11) is 1.41. The molecule has 0 aromatic heterocycles. The topological polar surface area (TPSA) is 108 Å². The van der Waals surface area contributed by atoms with Gasteiger partial charge in [0.05, 0.1) is 0 Å². The van der Waals surface area contributed by atoms with Crippen molar-refractivity contribution in [2.24, 2.45) is 0 Å². The third-order valence-electron chi connectivity index (χ3n) is 6.37. The van der Waals surface area contributed by atoms with Gasteiger partial charge in [0.25, 0.3) is 5.91 Å².